The Balaban J connectivity index is 2.27. The number of hydrogen-bond acceptors (Lipinski definition) is 3. The molecule has 1 aliphatic rings. The molecule has 4 heteroatoms. The fraction of sp³-hybridized carbons (Fsp3) is 0.364. The number of nitrogens with one attached hydrogen (secondary N) is 1. The van der Waals surface area contributed by atoms with Gasteiger partial charge in [-0.2, -0.15) is 0 Å². The van der Waals surface area contributed by atoms with Crippen LogP contribution < -0.4 is 10.1 Å². The molecule has 1 aromatic rings. The minimum Gasteiger partial charge on any atom is -0.494 e. The van der Waals surface area contributed by atoms with E-state index in [4.69, 9.17) is 4.74 Å². The number of anilines is 1. The van der Waals surface area contributed by atoms with Crippen molar-refractivity contribution >= 4 is 23.4 Å². The minimum absolute atomic E-state index is 0.0883. The molecule has 1 aromatic carbocycles. The largest absolute Gasteiger partial charge is 0.494 e. The molecule has 0 saturated carbocycles. The third-order valence-electron chi connectivity index (χ3n) is 2.12. The van der Waals surface area contributed by atoms with E-state index in [2.05, 4.69) is 5.32 Å². The van der Waals surface area contributed by atoms with Gasteiger partial charge in [0, 0.05) is 17.1 Å². The molecule has 0 fully saturated rings. The molecule has 1 N–H and O–H groups in total. The zero-order valence-corrected chi connectivity index (χ0v) is 9.39. The summed E-state index contributed by atoms with van der Waals surface area (Å²) >= 11 is 1.69. The third kappa shape index (κ3) is 2.45. The summed E-state index contributed by atoms with van der Waals surface area (Å²) in [5, 5.41) is 2.88. The maximum absolute atomic E-state index is 11.3. The number of benzene rings is 1. The summed E-state index contributed by atoms with van der Waals surface area (Å²) in [6, 6.07) is 5.76. The smallest absolute Gasteiger partial charge is 0.225 e. The van der Waals surface area contributed by atoms with Crippen molar-refractivity contribution in [3.8, 4) is 5.75 Å². The molecule has 0 spiro atoms. The van der Waals surface area contributed by atoms with E-state index >= 15 is 0 Å². The number of fused-ring (bicyclic) bond motifs is 1. The van der Waals surface area contributed by atoms with Gasteiger partial charge in [-0.3, -0.25) is 4.79 Å². The summed E-state index contributed by atoms with van der Waals surface area (Å²) in [7, 11) is 0. The highest BCUT2D eigenvalue weighted by molar-refractivity contribution is 7.99. The molecule has 1 heterocycles. The van der Waals surface area contributed by atoms with Gasteiger partial charge in [0.15, 0.2) is 0 Å². The first kappa shape index (κ1) is 10.4. The number of amides is 1. The molecule has 15 heavy (non-hydrogen) atoms. The Morgan fingerprint density at radius 1 is 1.53 bits per heavy atom. The van der Waals surface area contributed by atoms with Gasteiger partial charge in [-0.1, -0.05) is 0 Å². The lowest BCUT2D eigenvalue weighted by molar-refractivity contribution is -0.115. The molecular formula is C11H13NO2S. The second-order valence-electron chi connectivity index (χ2n) is 3.24. The van der Waals surface area contributed by atoms with Crippen LogP contribution in [0.2, 0.25) is 0 Å². The topological polar surface area (TPSA) is 38.3 Å². The number of thioether (sulfide) groups is 1. The molecule has 0 atom stereocenters. The van der Waals surface area contributed by atoms with E-state index in [9.17, 15) is 4.79 Å². The van der Waals surface area contributed by atoms with Gasteiger partial charge in [0.2, 0.25) is 5.91 Å². The van der Waals surface area contributed by atoms with Crippen LogP contribution in [0.25, 0.3) is 0 Å². The first-order valence-corrected chi connectivity index (χ1v) is 5.97. The predicted octanol–water partition coefficient (Wildman–Crippen LogP) is 2.52. The normalized spacial score (nSPS) is 15.1. The fourth-order valence-electron chi connectivity index (χ4n) is 1.45. The number of ether oxygens (including phenoxy) is 1. The monoisotopic (exact) mass is 223 g/mol. The lowest BCUT2D eigenvalue weighted by Crippen LogP contribution is -2.10. The standard InChI is InChI=1S/C11H13NO2S/c1-2-14-8-3-4-9-10(7-8)15-6-5-11(13)12-9/h3-4,7H,2,5-6H2,1H3,(H,12,13). The molecule has 1 amide bonds. The quantitative estimate of drug-likeness (QED) is 0.837. The van der Waals surface area contributed by atoms with Gasteiger partial charge >= 0.3 is 0 Å². The average molecular weight is 223 g/mol. The lowest BCUT2D eigenvalue weighted by atomic mass is 10.3. The van der Waals surface area contributed by atoms with Crippen LogP contribution in [0, 0.1) is 0 Å². The van der Waals surface area contributed by atoms with Crippen molar-refractivity contribution < 1.29 is 9.53 Å². The lowest BCUT2D eigenvalue weighted by Gasteiger charge is -2.08. The maximum Gasteiger partial charge on any atom is 0.225 e. The van der Waals surface area contributed by atoms with Gasteiger partial charge in [0.25, 0.3) is 0 Å². The van der Waals surface area contributed by atoms with Crippen molar-refractivity contribution in [2.45, 2.75) is 18.2 Å². The highest BCUT2D eigenvalue weighted by Crippen LogP contribution is 2.33. The van der Waals surface area contributed by atoms with Crippen molar-refractivity contribution in [2.24, 2.45) is 0 Å². The van der Waals surface area contributed by atoms with Crippen molar-refractivity contribution in [1.29, 1.82) is 0 Å². The van der Waals surface area contributed by atoms with Crippen LogP contribution in [0.15, 0.2) is 23.1 Å². The summed E-state index contributed by atoms with van der Waals surface area (Å²) in [5.74, 6) is 1.78. The molecule has 1 aliphatic heterocycles. The summed E-state index contributed by atoms with van der Waals surface area (Å²) in [6.45, 7) is 2.62. The van der Waals surface area contributed by atoms with E-state index in [-0.39, 0.29) is 5.91 Å². The molecule has 2 rings (SSSR count). The second kappa shape index (κ2) is 4.57. The van der Waals surface area contributed by atoms with Gasteiger partial charge < -0.3 is 10.1 Å². The SMILES string of the molecule is CCOc1ccc2c(c1)SCCC(=O)N2. The molecule has 0 saturated heterocycles. The first-order valence-electron chi connectivity index (χ1n) is 4.99. The van der Waals surface area contributed by atoms with Gasteiger partial charge in [0.05, 0.1) is 12.3 Å². The number of rotatable bonds is 2. The van der Waals surface area contributed by atoms with Gasteiger partial charge in [-0.25, -0.2) is 0 Å². The van der Waals surface area contributed by atoms with E-state index in [1.165, 1.54) is 0 Å². The summed E-state index contributed by atoms with van der Waals surface area (Å²) < 4.78 is 5.41. The first-order chi connectivity index (χ1) is 7.29. The zero-order chi connectivity index (χ0) is 10.7. The van der Waals surface area contributed by atoms with Gasteiger partial charge in [-0.05, 0) is 25.1 Å². The van der Waals surface area contributed by atoms with Crippen LogP contribution in [0.4, 0.5) is 5.69 Å². The summed E-state index contributed by atoms with van der Waals surface area (Å²) in [6.07, 6.45) is 0.573. The molecular weight excluding hydrogens is 210 g/mol. The predicted molar refractivity (Wildman–Crippen MR) is 61.6 cm³/mol. The molecule has 0 aliphatic carbocycles. The van der Waals surface area contributed by atoms with E-state index in [0.29, 0.717) is 13.0 Å². The Kier molecular flexibility index (Phi) is 3.16. The number of hydrogen-bond donors (Lipinski definition) is 1. The Hall–Kier alpha value is -1.16. The second-order valence-corrected chi connectivity index (χ2v) is 4.37. The fourth-order valence-corrected chi connectivity index (χ4v) is 2.43. The van der Waals surface area contributed by atoms with Crippen LogP contribution in [-0.4, -0.2) is 18.3 Å². The van der Waals surface area contributed by atoms with Gasteiger partial charge in [0.1, 0.15) is 5.75 Å². The van der Waals surface area contributed by atoms with E-state index in [0.717, 1.165) is 22.1 Å². The number of carbonyl (C=O) groups excluding carboxylic acids is 1. The van der Waals surface area contributed by atoms with E-state index in [1.54, 1.807) is 11.8 Å². The van der Waals surface area contributed by atoms with Crippen LogP contribution in [-0.2, 0) is 4.79 Å². The highest BCUT2D eigenvalue weighted by Gasteiger charge is 2.13. The van der Waals surface area contributed by atoms with Crippen LogP contribution >= 0.6 is 11.8 Å². The molecule has 0 aromatic heterocycles. The Bertz CT molecular complexity index is 379. The average Bonchev–Trinajstić information content (AvgIpc) is 2.39. The molecule has 80 valence electrons. The Morgan fingerprint density at radius 2 is 2.40 bits per heavy atom. The summed E-state index contributed by atoms with van der Waals surface area (Å²) in [4.78, 5) is 12.4. The third-order valence-corrected chi connectivity index (χ3v) is 3.18. The van der Waals surface area contributed by atoms with Crippen molar-refractivity contribution in [3.05, 3.63) is 18.2 Å². The maximum atomic E-state index is 11.3. The number of carbonyl (C=O) groups is 1. The van der Waals surface area contributed by atoms with Gasteiger partial charge in [-0.15, -0.1) is 11.8 Å². The van der Waals surface area contributed by atoms with Crippen molar-refractivity contribution in [1.82, 2.24) is 0 Å². The molecule has 0 radical (unpaired) electrons. The van der Waals surface area contributed by atoms with Crippen molar-refractivity contribution in [2.75, 3.05) is 17.7 Å². The Morgan fingerprint density at radius 3 is 3.20 bits per heavy atom. The van der Waals surface area contributed by atoms with E-state index in [1.807, 2.05) is 25.1 Å². The molecule has 0 bridgehead atoms. The van der Waals surface area contributed by atoms with Crippen LogP contribution in [0.3, 0.4) is 0 Å². The summed E-state index contributed by atoms with van der Waals surface area (Å²) in [5.41, 5.74) is 0.894. The highest BCUT2D eigenvalue weighted by atomic mass is 32.2. The minimum atomic E-state index is 0.0883. The van der Waals surface area contributed by atoms with Crippen molar-refractivity contribution in [3.63, 3.8) is 0 Å². The molecule has 3 nitrogen and oxygen atoms in total. The van der Waals surface area contributed by atoms with Crippen LogP contribution in [0.1, 0.15) is 13.3 Å². The van der Waals surface area contributed by atoms with Crippen LogP contribution in [0.5, 0.6) is 5.75 Å². The Labute approximate surface area is 93.2 Å². The zero-order valence-electron chi connectivity index (χ0n) is 8.58. The van der Waals surface area contributed by atoms with E-state index < -0.39 is 0 Å². The molecule has 0 unspecified atom stereocenters.